The summed E-state index contributed by atoms with van der Waals surface area (Å²) in [7, 11) is 1.75. The molecule has 0 bridgehead atoms. The van der Waals surface area contributed by atoms with Crippen molar-refractivity contribution in [2.45, 2.75) is 18.2 Å². The molecular weight excluding hydrogens is 410 g/mol. The van der Waals surface area contributed by atoms with Gasteiger partial charge >= 0.3 is 0 Å². The zero-order valence-corrected chi connectivity index (χ0v) is 17.4. The molecule has 0 aliphatic heterocycles. The first-order valence-electron chi connectivity index (χ1n) is 8.98. The number of aromatic nitrogens is 2. The van der Waals surface area contributed by atoms with E-state index in [1.807, 2.05) is 49.4 Å². The van der Waals surface area contributed by atoms with Gasteiger partial charge in [0.2, 0.25) is 11.8 Å². The first kappa shape index (κ1) is 19.5. The minimum absolute atomic E-state index is 0.0690. The lowest BCUT2D eigenvalue weighted by Gasteiger charge is -2.22. The van der Waals surface area contributed by atoms with Crippen LogP contribution in [0, 0.1) is 0 Å². The third kappa shape index (κ3) is 4.16. The van der Waals surface area contributed by atoms with Crippen molar-refractivity contribution in [3.05, 3.63) is 65.4 Å². The Kier molecular flexibility index (Phi) is 5.60. The van der Waals surface area contributed by atoms with Crippen molar-refractivity contribution in [3.63, 3.8) is 0 Å². The fourth-order valence-corrected chi connectivity index (χ4v) is 3.76. The highest BCUT2D eigenvalue weighted by atomic mass is 35.5. The average Bonchev–Trinajstić information content (AvgIpc) is 3.38. The van der Waals surface area contributed by atoms with E-state index in [4.69, 9.17) is 20.4 Å². The molecule has 2 aromatic heterocycles. The van der Waals surface area contributed by atoms with Gasteiger partial charge in [-0.15, -0.1) is 10.2 Å². The molecule has 4 rings (SSSR count). The summed E-state index contributed by atoms with van der Waals surface area (Å²) in [5.74, 6) is 1.17. The molecule has 0 saturated heterocycles. The minimum atomic E-state index is -0.197. The van der Waals surface area contributed by atoms with Crippen LogP contribution >= 0.6 is 23.4 Å². The normalized spacial score (nSPS) is 12.2. The molecule has 0 saturated carbocycles. The Morgan fingerprint density at radius 2 is 1.90 bits per heavy atom. The highest BCUT2D eigenvalue weighted by molar-refractivity contribution is 7.99. The summed E-state index contributed by atoms with van der Waals surface area (Å²) in [5, 5.41) is 9.88. The number of benzene rings is 2. The molecule has 29 heavy (non-hydrogen) atoms. The summed E-state index contributed by atoms with van der Waals surface area (Å²) in [6.45, 7) is 1.93. The Labute approximate surface area is 176 Å². The zero-order valence-electron chi connectivity index (χ0n) is 15.8. The molecule has 4 aromatic rings. The lowest BCUT2D eigenvalue weighted by atomic mass is 10.2. The molecule has 6 nitrogen and oxygen atoms in total. The molecule has 0 spiro atoms. The van der Waals surface area contributed by atoms with E-state index in [9.17, 15) is 4.79 Å². The number of halogens is 1. The Morgan fingerprint density at radius 1 is 1.14 bits per heavy atom. The molecule has 1 atom stereocenters. The summed E-state index contributed by atoms with van der Waals surface area (Å²) < 4.78 is 11.5. The minimum Gasteiger partial charge on any atom is -0.459 e. The Balaban J connectivity index is 1.40. The van der Waals surface area contributed by atoms with Gasteiger partial charge in [-0.25, -0.2) is 0 Å². The van der Waals surface area contributed by atoms with E-state index in [0.29, 0.717) is 21.7 Å². The van der Waals surface area contributed by atoms with Gasteiger partial charge in [-0.05, 0) is 31.2 Å². The van der Waals surface area contributed by atoms with E-state index >= 15 is 0 Å². The number of fused-ring (bicyclic) bond motifs is 1. The number of para-hydroxylation sites is 1. The molecule has 148 valence electrons. The lowest BCUT2D eigenvalue weighted by molar-refractivity contribution is -0.129. The van der Waals surface area contributed by atoms with Crippen molar-refractivity contribution in [3.8, 4) is 11.5 Å². The molecule has 0 radical (unpaired) electrons. The summed E-state index contributed by atoms with van der Waals surface area (Å²) >= 11 is 7.35. The van der Waals surface area contributed by atoms with Gasteiger partial charge in [0.25, 0.3) is 5.22 Å². The third-order valence-electron chi connectivity index (χ3n) is 4.66. The highest BCUT2D eigenvalue weighted by Crippen LogP contribution is 2.30. The van der Waals surface area contributed by atoms with E-state index in [2.05, 4.69) is 10.2 Å². The van der Waals surface area contributed by atoms with Gasteiger partial charge in [-0.1, -0.05) is 53.7 Å². The number of carbonyl (C=O) groups excluding carboxylic acids is 1. The molecule has 8 heteroatoms. The van der Waals surface area contributed by atoms with Crippen LogP contribution in [0.25, 0.3) is 22.4 Å². The summed E-state index contributed by atoms with van der Waals surface area (Å²) in [4.78, 5) is 14.3. The number of furan rings is 1. The second kappa shape index (κ2) is 8.31. The molecular formula is C21H18ClN3O3S. The SMILES string of the molecule is CC(c1cc2ccccc2o1)N(C)C(=O)CSc1nnc(-c2ccccc2Cl)o1. The second-order valence-corrected chi connectivity index (χ2v) is 7.84. The molecule has 1 amide bonds. The molecule has 0 aliphatic carbocycles. The van der Waals surface area contributed by atoms with E-state index in [1.165, 1.54) is 11.8 Å². The van der Waals surface area contributed by atoms with Crippen LogP contribution in [-0.4, -0.2) is 33.8 Å². The first-order chi connectivity index (χ1) is 14.0. The van der Waals surface area contributed by atoms with Crippen LogP contribution in [0.1, 0.15) is 18.7 Å². The highest BCUT2D eigenvalue weighted by Gasteiger charge is 2.22. The van der Waals surface area contributed by atoms with Crippen LogP contribution in [0.3, 0.4) is 0 Å². The van der Waals surface area contributed by atoms with E-state index in [-0.39, 0.29) is 17.7 Å². The zero-order chi connectivity index (χ0) is 20.4. The number of carbonyl (C=O) groups is 1. The van der Waals surface area contributed by atoms with Crippen molar-refractivity contribution in [2.24, 2.45) is 0 Å². The van der Waals surface area contributed by atoms with Gasteiger partial charge in [-0.3, -0.25) is 4.79 Å². The quantitative estimate of drug-likeness (QED) is 0.381. The van der Waals surface area contributed by atoms with Crippen molar-refractivity contribution >= 4 is 40.2 Å². The van der Waals surface area contributed by atoms with E-state index in [1.54, 1.807) is 24.1 Å². The van der Waals surface area contributed by atoms with Crippen LogP contribution in [0.15, 0.2) is 68.7 Å². The maximum absolute atomic E-state index is 12.6. The number of nitrogens with zero attached hydrogens (tertiary/aromatic N) is 3. The van der Waals surface area contributed by atoms with Crippen LogP contribution < -0.4 is 0 Å². The third-order valence-corrected chi connectivity index (χ3v) is 5.79. The average molecular weight is 428 g/mol. The van der Waals surface area contributed by atoms with E-state index < -0.39 is 0 Å². The molecule has 0 N–H and O–H groups in total. The van der Waals surface area contributed by atoms with Gasteiger partial charge in [0.1, 0.15) is 11.3 Å². The number of hydrogen-bond donors (Lipinski definition) is 0. The molecule has 2 heterocycles. The number of amides is 1. The summed E-state index contributed by atoms with van der Waals surface area (Å²) in [6.07, 6.45) is 0. The van der Waals surface area contributed by atoms with Crippen LogP contribution in [0.5, 0.6) is 0 Å². The van der Waals surface area contributed by atoms with Gasteiger partial charge in [-0.2, -0.15) is 0 Å². The Hall–Kier alpha value is -2.77. The monoisotopic (exact) mass is 427 g/mol. The van der Waals surface area contributed by atoms with Crippen molar-refractivity contribution in [1.29, 1.82) is 0 Å². The number of rotatable bonds is 6. The standard InChI is InChI=1S/C21H18ClN3O3S/c1-13(18-11-14-7-3-6-10-17(14)27-18)25(2)19(26)12-29-21-24-23-20(28-21)15-8-4-5-9-16(15)22/h3-11,13H,12H2,1-2H3. The topological polar surface area (TPSA) is 72.4 Å². The second-order valence-electron chi connectivity index (χ2n) is 6.51. The first-order valence-corrected chi connectivity index (χ1v) is 10.3. The van der Waals surface area contributed by atoms with Crippen LogP contribution in [-0.2, 0) is 4.79 Å². The predicted molar refractivity (Wildman–Crippen MR) is 113 cm³/mol. The summed E-state index contributed by atoms with van der Waals surface area (Å²) in [6, 6.07) is 16.8. The van der Waals surface area contributed by atoms with Gasteiger partial charge in [0.15, 0.2) is 0 Å². The molecule has 0 fully saturated rings. The summed E-state index contributed by atoms with van der Waals surface area (Å²) in [5.41, 5.74) is 1.47. The van der Waals surface area contributed by atoms with Crippen LogP contribution in [0.4, 0.5) is 0 Å². The Morgan fingerprint density at radius 3 is 2.69 bits per heavy atom. The number of hydrogen-bond acceptors (Lipinski definition) is 6. The van der Waals surface area contributed by atoms with Gasteiger partial charge in [0.05, 0.1) is 22.4 Å². The largest absolute Gasteiger partial charge is 0.459 e. The fourth-order valence-electron chi connectivity index (χ4n) is 2.85. The molecule has 1 unspecified atom stereocenters. The van der Waals surface area contributed by atoms with Gasteiger partial charge in [0, 0.05) is 12.4 Å². The molecule has 0 aliphatic rings. The smallest absolute Gasteiger partial charge is 0.277 e. The van der Waals surface area contributed by atoms with Gasteiger partial charge < -0.3 is 13.7 Å². The van der Waals surface area contributed by atoms with Crippen molar-refractivity contribution < 1.29 is 13.6 Å². The van der Waals surface area contributed by atoms with Crippen molar-refractivity contribution in [2.75, 3.05) is 12.8 Å². The maximum atomic E-state index is 12.6. The Bertz CT molecular complexity index is 1120. The molecule has 2 aromatic carbocycles. The number of thioether (sulfide) groups is 1. The fraction of sp³-hybridized carbons (Fsp3) is 0.190. The van der Waals surface area contributed by atoms with Crippen molar-refractivity contribution in [1.82, 2.24) is 15.1 Å². The lowest BCUT2D eigenvalue weighted by Crippen LogP contribution is -2.30. The van der Waals surface area contributed by atoms with E-state index in [0.717, 1.165) is 16.7 Å². The predicted octanol–water partition coefficient (Wildman–Crippen LogP) is 5.45. The maximum Gasteiger partial charge on any atom is 0.277 e. The van der Waals surface area contributed by atoms with Crippen LogP contribution in [0.2, 0.25) is 5.02 Å².